The van der Waals surface area contributed by atoms with Crippen LogP contribution in [-0.4, -0.2) is 54.8 Å². The second kappa shape index (κ2) is 5.76. The third-order valence-corrected chi connectivity index (χ3v) is 3.39. The number of aliphatic hydroxyl groups excluding tert-OH is 2. The predicted molar refractivity (Wildman–Crippen MR) is 57.6 cm³/mol. The fourth-order valence-electron chi connectivity index (χ4n) is 1.03. The minimum Gasteiger partial charge on any atom is -0.395 e. The first-order valence-electron chi connectivity index (χ1n) is 4.73. The first-order chi connectivity index (χ1) is 6.73. The quantitative estimate of drug-likeness (QED) is 0.550. The largest absolute Gasteiger partial charge is 0.395 e. The van der Waals surface area contributed by atoms with E-state index in [0.29, 0.717) is 0 Å². The van der Waals surface area contributed by atoms with Crippen molar-refractivity contribution in [3.05, 3.63) is 0 Å². The van der Waals surface area contributed by atoms with Crippen molar-refractivity contribution in [2.75, 3.05) is 26.3 Å². The van der Waals surface area contributed by atoms with Crippen molar-refractivity contribution in [1.29, 1.82) is 0 Å². The number of rotatable bonds is 6. The van der Waals surface area contributed by atoms with Gasteiger partial charge in [-0.25, -0.2) is 0 Å². The Bertz CT molecular complexity index is 265. The van der Waals surface area contributed by atoms with E-state index in [-0.39, 0.29) is 26.3 Å². The molecule has 0 aromatic rings. The van der Waals surface area contributed by atoms with Gasteiger partial charge in [-0.2, -0.15) is 17.4 Å². The van der Waals surface area contributed by atoms with Crippen molar-refractivity contribution in [3.8, 4) is 0 Å². The van der Waals surface area contributed by atoms with E-state index in [0.717, 1.165) is 4.31 Å². The van der Waals surface area contributed by atoms with Gasteiger partial charge in [0.1, 0.15) is 0 Å². The average molecular weight is 240 g/mol. The maximum absolute atomic E-state index is 11.7. The summed E-state index contributed by atoms with van der Waals surface area (Å²) in [6, 6.07) is 0. The van der Waals surface area contributed by atoms with Crippen LogP contribution in [0, 0.1) is 0 Å². The molecule has 0 aromatic carbocycles. The molecule has 0 unspecified atom stereocenters. The molecule has 92 valence electrons. The topological polar surface area (TPSA) is 89.9 Å². The zero-order valence-electron chi connectivity index (χ0n) is 9.39. The molecule has 0 aliphatic rings. The van der Waals surface area contributed by atoms with Crippen molar-refractivity contribution in [2.45, 2.75) is 26.3 Å². The molecule has 0 atom stereocenters. The van der Waals surface area contributed by atoms with Crippen LogP contribution in [0.4, 0.5) is 0 Å². The van der Waals surface area contributed by atoms with E-state index in [4.69, 9.17) is 10.2 Å². The van der Waals surface area contributed by atoms with E-state index in [9.17, 15) is 8.42 Å². The molecule has 0 heterocycles. The molecular formula is C8H20N2O4S. The molecule has 0 amide bonds. The first kappa shape index (κ1) is 14.8. The lowest BCUT2D eigenvalue weighted by Crippen LogP contribution is -2.50. The SMILES string of the molecule is CC(C)(C)NS(=O)(=O)N(CCO)CCO. The maximum atomic E-state index is 11.7. The number of hydrogen-bond donors (Lipinski definition) is 3. The zero-order valence-corrected chi connectivity index (χ0v) is 10.2. The van der Waals surface area contributed by atoms with Gasteiger partial charge in [-0.1, -0.05) is 0 Å². The molecule has 0 fully saturated rings. The summed E-state index contributed by atoms with van der Waals surface area (Å²) >= 11 is 0. The van der Waals surface area contributed by atoms with Crippen molar-refractivity contribution in [3.63, 3.8) is 0 Å². The second-order valence-electron chi connectivity index (χ2n) is 4.20. The van der Waals surface area contributed by atoms with Crippen molar-refractivity contribution >= 4 is 10.2 Å². The lowest BCUT2D eigenvalue weighted by atomic mass is 10.1. The van der Waals surface area contributed by atoms with Crippen molar-refractivity contribution in [2.24, 2.45) is 0 Å². The summed E-state index contributed by atoms with van der Waals surface area (Å²) in [5.74, 6) is 0. The lowest BCUT2D eigenvalue weighted by Gasteiger charge is -2.26. The van der Waals surface area contributed by atoms with Gasteiger partial charge in [0.25, 0.3) is 10.2 Å². The van der Waals surface area contributed by atoms with Gasteiger partial charge in [0.15, 0.2) is 0 Å². The molecule has 0 spiro atoms. The fraction of sp³-hybridized carbons (Fsp3) is 1.00. The molecule has 0 rings (SSSR count). The van der Waals surface area contributed by atoms with Crippen LogP contribution in [0.1, 0.15) is 20.8 Å². The minimum atomic E-state index is -3.64. The van der Waals surface area contributed by atoms with Crippen LogP contribution < -0.4 is 4.72 Å². The van der Waals surface area contributed by atoms with Crippen LogP contribution >= 0.6 is 0 Å². The van der Waals surface area contributed by atoms with Crippen LogP contribution in [0.15, 0.2) is 0 Å². The molecule has 0 bridgehead atoms. The Morgan fingerprint density at radius 2 is 1.53 bits per heavy atom. The Kier molecular flexibility index (Phi) is 5.68. The smallest absolute Gasteiger partial charge is 0.280 e. The van der Waals surface area contributed by atoms with Crippen LogP contribution in [-0.2, 0) is 10.2 Å². The van der Waals surface area contributed by atoms with Gasteiger partial charge in [0.05, 0.1) is 13.2 Å². The third-order valence-electron chi connectivity index (χ3n) is 1.47. The summed E-state index contributed by atoms with van der Waals surface area (Å²) in [5.41, 5.74) is -0.581. The van der Waals surface area contributed by atoms with E-state index < -0.39 is 15.7 Å². The monoisotopic (exact) mass is 240 g/mol. The van der Waals surface area contributed by atoms with Crippen molar-refractivity contribution < 1.29 is 18.6 Å². The fourth-order valence-corrected chi connectivity index (χ4v) is 2.57. The number of nitrogens with one attached hydrogen (secondary N) is 1. The Morgan fingerprint density at radius 1 is 1.13 bits per heavy atom. The van der Waals surface area contributed by atoms with Gasteiger partial charge in [0, 0.05) is 18.6 Å². The Labute approximate surface area is 91.1 Å². The Balaban J connectivity index is 4.64. The highest BCUT2D eigenvalue weighted by Crippen LogP contribution is 2.05. The highest BCUT2D eigenvalue weighted by Gasteiger charge is 2.25. The van der Waals surface area contributed by atoms with E-state index >= 15 is 0 Å². The van der Waals surface area contributed by atoms with E-state index in [1.807, 2.05) is 0 Å². The first-order valence-corrected chi connectivity index (χ1v) is 6.18. The summed E-state index contributed by atoms with van der Waals surface area (Å²) < 4.78 is 26.9. The molecule has 15 heavy (non-hydrogen) atoms. The number of aliphatic hydroxyl groups is 2. The van der Waals surface area contributed by atoms with Crippen molar-refractivity contribution in [1.82, 2.24) is 9.03 Å². The highest BCUT2D eigenvalue weighted by atomic mass is 32.2. The normalized spacial score (nSPS) is 13.5. The zero-order chi connectivity index (χ0) is 12.1. The molecular weight excluding hydrogens is 220 g/mol. The molecule has 0 aliphatic carbocycles. The average Bonchev–Trinajstić information content (AvgIpc) is 1.99. The predicted octanol–water partition coefficient (Wildman–Crippen LogP) is -1.09. The summed E-state index contributed by atoms with van der Waals surface area (Å²) in [7, 11) is -3.64. The van der Waals surface area contributed by atoms with Gasteiger partial charge in [-0.05, 0) is 20.8 Å². The van der Waals surface area contributed by atoms with Gasteiger partial charge in [0.2, 0.25) is 0 Å². The van der Waals surface area contributed by atoms with E-state index in [1.165, 1.54) is 0 Å². The number of nitrogens with zero attached hydrogens (tertiary/aromatic N) is 1. The second-order valence-corrected chi connectivity index (χ2v) is 5.87. The summed E-state index contributed by atoms with van der Waals surface area (Å²) in [4.78, 5) is 0. The molecule has 0 aliphatic heterocycles. The molecule has 0 saturated carbocycles. The van der Waals surface area contributed by atoms with Gasteiger partial charge >= 0.3 is 0 Å². The highest BCUT2D eigenvalue weighted by molar-refractivity contribution is 7.87. The molecule has 0 radical (unpaired) electrons. The summed E-state index contributed by atoms with van der Waals surface area (Å²) in [5, 5.41) is 17.4. The minimum absolute atomic E-state index is 0.0219. The summed E-state index contributed by atoms with van der Waals surface area (Å²) in [6.07, 6.45) is 0. The van der Waals surface area contributed by atoms with Crippen LogP contribution in [0.5, 0.6) is 0 Å². The summed E-state index contributed by atoms with van der Waals surface area (Å²) in [6.45, 7) is 4.58. The molecule has 6 nitrogen and oxygen atoms in total. The molecule has 3 N–H and O–H groups in total. The molecule has 0 saturated heterocycles. The van der Waals surface area contributed by atoms with Crippen LogP contribution in [0.2, 0.25) is 0 Å². The standard InChI is InChI=1S/C8H20N2O4S/c1-8(2,3)9-15(13,14)10(4-6-11)5-7-12/h9,11-12H,4-7H2,1-3H3. The van der Waals surface area contributed by atoms with Gasteiger partial charge in [-0.3, -0.25) is 0 Å². The van der Waals surface area contributed by atoms with Gasteiger partial charge < -0.3 is 10.2 Å². The number of hydrogen-bond acceptors (Lipinski definition) is 4. The third kappa shape index (κ3) is 6.06. The Hall–Kier alpha value is -0.210. The van der Waals surface area contributed by atoms with Gasteiger partial charge in [-0.15, -0.1) is 0 Å². The molecule has 7 heteroatoms. The van der Waals surface area contributed by atoms with Crippen LogP contribution in [0.25, 0.3) is 0 Å². The Morgan fingerprint density at radius 3 is 1.80 bits per heavy atom. The van der Waals surface area contributed by atoms with E-state index in [2.05, 4.69) is 4.72 Å². The lowest BCUT2D eigenvalue weighted by molar-refractivity contribution is 0.215. The van der Waals surface area contributed by atoms with E-state index in [1.54, 1.807) is 20.8 Å². The molecule has 0 aromatic heterocycles. The van der Waals surface area contributed by atoms with Crippen LogP contribution in [0.3, 0.4) is 0 Å². The maximum Gasteiger partial charge on any atom is 0.280 e.